The van der Waals surface area contributed by atoms with Gasteiger partial charge in [0.25, 0.3) is 0 Å². The van der Waals surface area contributed by atoms with E-state index in [9.17, 15) is 4.79 Å². The number of rotatable bonds is 0. The maximum absolute atomic E-state index is 11.4. The van der Waals surface area contributed by atoms with Gasteiger partial charge in [-0.25, -0.2) is 0 Å². The molecule has 1 fully saturated rings. The molecule has 0 bridgehead atoms. The summed E-state index contributed by atoms with van der Waals surface area (Å²) in [4.78, 5) is 11.4. The predicted octanol–water partition coefficient (Wildman–Crippen LogP) is 2.88. The Hall–Kier alpha value is -0.850. The molecule has 2 aliphatic carbocycles. The van der Waals surface area contributed by atoms with E-state index < -0.39 is 0 Å². The molecule has 0 aromatic heterocycles. The van der Waals surface area contributed by atoms with Gasteiger partial charge in [0.15, 0.2) is 5.78 Å². The first kappa shape index (κ1) is 8.74. The van der Waals surface area contributed by atoms with Crippen LogP contribution in [0.25, 0.3) is 0 Å². The summed E-state index contributed by atoms with van der Waals surface area (Å²) in [6, 6.07) is 0. The van der Waals surface area contributed by atoms with E-state index in [1.54, 1.807) is 0 Å². The highest BCUT2D eigenvalue weighted by Crippen LogP contribution is 2.47. The zero-order valence-electron chi connectivity index (χ0n) is 8.77. The lowest BCUT2D eigenvalue weighted by molar-refractivity contribution is -0.121. The first-order valence-corrected chi connectivity index (χ1v) is 4.95. The summed E-state index contributed by atoms with van der Waals surface area (Å²) in [7, 11) is 0. The van der Waals surface area contributed by atoms with Gasteiger partial charge in [-0.15, -0.1) is 0 Å². The van der Waals surface area contributed by atoms with E-state index in [-0.39, 0.29) is 0 Å². The molecule has 0 N–H and O–H groups in total. The molecule has 0 radical (unpaired) electrons. The van der Waals surface area contributed by atoms with Gasteiger partial charge in [-0.05, 0) is 37.8 Å². The molecule has 2 unspecified atom stereocenters. The zero-order valence-corrected chi connectivity index (χ0v) is 8.77. The van der Waals surface area contributed by atoms with E-state index in [4.69, 9.17) is 0 Å². The van der Waals surface area contributed by atoms with Crippen LogP contribution in [0.2, 0.25) is 0 Å². The number of hydrogen-bond acceptors (Lipinski definition) is 1. The lowest BCUT2D eigenvalue weighted by Gasteiger charge is -2.40. The summed E-state index contributed by atoms with van der Waals surface area (Å²) >= 11 is 0. The Labute approximate surface area is 79.5 Å². The summed E-state index contributed by atoms with van der Waals surface area (Å²) in [6.45, 7) is 8.66. The molecule has 70 valence electrons. The molecule has 0 heterocycles. The second kappa shape index (κ2) is 2.57. The van der Waals surface area contributed by atoms with Gasteiger partial charge < -0.3 is 0 Å². The van der Waals surface area contributed by atoms with Gasteiger partial charge in [0.1, 0.15) is 0 Å². The fourth-order valence-electron chi connectivity index (χ4n) is 2.54. The van der Waals surface area contributed by atoms with Gasteiger partial charge in [-0.2, -0.15) is 0 Å². The van der Waals surface area contributed by atoms with Crippen molar-refractivity contribution in [3.8, 4) is 0 Å². The Morgan fingerprint density at radius 3 is 2.31 bits per heavy atom. The van der Waals surface area contributed by atoms with Crippen LogP contribution in [-0.4, -0.2) is 5.78 Å². The molecule has 13 heavy (non-hydrogen) atoms. The van der Waals surface area contributed by atoms with Crippen molar-refractivity contribution in [3.05, 3.63) is 22.3 Å². The molecular formula is C12H16O. The van der Waals surface area contributed by atoms with Crippen molar-refractivity contribution in [1.82, 2.24) is 0 Å². The Kier molecular flexibility index (Phi) is 1.73. The van der Waals surface area contributed by atoms with Crippen molar-refractivity contribution in [1.29, 1.82) is 0 Å². The number of allylic oxidation sites excluding steroid dienone is 4. The molecule has 0 spiro atoms. The molecule has 0 aromatic rings. The third kappa shape index (κ3) is 0.962. The summed E-state index contributed by atoms with van der Waals surface area (Å²) in [5.74, 6) is 1.49. The van der Waals surface area contributed by atoms with Crippen LogP contribution in [0.1, 0.15) is 34.1 Å². The Morgan fingerprint density at radius 1 is 1.15 bits per heavy atom. The SMILES string of the molecule is CC1=C(C)C(C)C2CC(=O)C2=C1C. The van der Waals surface area contributed by atoms with Gasteiger partial charge >= 0.3 is 0 Å². The number of Topliss-reactive ketones (excluding diaryl/α,β-unsaturated/α-hetero) is 1. The summed E-state index contributed by atoms with van der Waals surface area (Å²) in [6.07, 6.45) is 0.776. The van der Waals surface area contributed by atoms with Crippen LogP contribution >= 0.6 is 0 Å². The number of carbonyl (C=O) groups is 1. The molecule has 0 aromatic carbocycles. The largest absolute Gasteiger partial charge is 0.295 e. The molecule has 2 atom stereocenters. The van der Waals surface area contributed by atoms with E-state index in [1.165, 1.54) is 16.7 Å². The number of hydrogen-bond donors (Lipinski definition) is 0. The topological polar surface area (TPSA) is 17.1 Å². The quantitative estimate of drug-likeness (QED) is 0.554. The normalized spacial score (nSPS) is 33.4. The fourth-order valence-corrected chi connectivity index (χ4v) is 2.54. The third-order valence-electron chi connectivity index (χ3n) is 3.92. The van der Waals surface area contributed by atoms with Gasteiger partial charge in [0, 0.05) is 17.9 Å². The van der Waals surface area contributed by atoms with E-state index in [0.717, 1.165) is 12.0 Å². The third-order valence-corrected chi connectivity index (χ3v) is 3.92. The highest BCUT2D eigenvalue weighted by molar-refractivity contribution is 6.04. The first-order valence-electron chi connectivity index (χ1n) is 4.95. The van der Waals surface area contributed by atoms with Crippen LogP contribution in [0.4, 0.5) is 0 Å². The number of fused-ring (bicyclic) bond motifs is 1. The lowest BCUT2D eigenvalue weighted by atomic mass is 9.63. The van der Waals surface area contributed by atoms with Gasteiger partial charge in [-0.1, -0.05) is 12.5 Å². The average molecular weight is 176 g/mol. The first-order chi connectivity index (χ1) is 6.04. The monoisotopic (exact) mass is 176 g/mol. The van der Waals surface area contributed by atoms with E-state index in [0.29, 0.717) is 17.6 Å². The molecule has 0 saturated heterocycles. The Bertz CT molecular complexity index is 344. The van der Waals surface area contributed by atoms with Crippen LogP contribution < -0.4 is 0 Å². The fraction of sp³-hybridized carbons (Fsp3) is 0.583. The molecule has 0 aliphatic heterocycles. The molecule has 2 aliphatic rings. The van der Waals surface area contributed by atoms with Gasteiger partial charge in [-0.3, -0.25) is 4.79 Å². The van der Waals surface area contributed by atoms with Crippen molar-refractivity contribution in [2.24, 2.45) is 11.8 Å². The van der Waals surface area contributed by atoms with Crippen LogP contribution in [0, 0.1) is 11.8 Å². The van der Waals surface area contributed by atoms with Crippen molar-refractivity contribution in [2.45, 2.75) is 34.1 Å². The highest BCUT2D eigenvalue weighted by Gasteiger charge is 2.41. The van der Waals surface area contributed by atoms with E-state index >= 15 is 0 Å². The smallest absolute Gasteiger partial charge is 0.160 e. The standard InChI is InChI=1S/C12H16O/c1-6-7(2)9(4)12-10(8(6)3)5-11(12)13/h8,10H,5H2,1-4H3. The molecule has 1 heteroatoms. The minimum absolute atomic E-state index is 0.376. The summed E-state index contributed by atoms with van der Waals surface area (Å²) in [5, 5.41) is 0. The Morgan fingerprint density at radius 2 is 1.77 bits per heavy atom. The van der Waals surface area contributed by atoms with Crippen molar-refractivity contribution < 1.29 is 4.79 Å². The van der Waals surface area contributed by atoms with Crippen LogP contribution in [-0.2, 0) is 4.79 Å². The second-order valence-corrected chi connectivity index (χ2v) is 4.37. The van der Waals surface area contributed by atoms with Crippen LogP contribution in [0.15, 0.2) is 22.3 Å². The summed E-state index contributed by atoms with van der Waals surface area (Å²) < 4.78 is 0. The molecule has 1 nitrogen and oxygen atoms in total. The maximum atomic E-state index is 11.4. The van der Waals surface area contributed by atoms with Gasteiger partial charge in [0.05, 0.1) is 0 Å². The lowest BCUT2D eigenvalue weighted by Crippen LogP contribution is -2.37. The van der Waals surface area contributed by atoms with Crippen LogP contribution in [0.3, 0.4) is 0 Å². The number of carbonyl (C=O) groups excluding carboxylic acids is 1. The maximum Gasteiger partial charge on any atom is 0.160 e. The minimum atomic E-state index is 0.376. The van der Waals surface area contributed by atoms with Gasteiger partial charge in [0.2, 0.25) is 0 Å². The van der Waals surface area contributed by atoms with Crippen molar-refractivity contribution in [2.75, 3.05) is 0 Å². The Balaban J connectivity index is 2.52. The highest BCUT2D eigenvalue weighted by atomic mass is 16.1. The number of ketones is 1. The molecule has 0 amide bonds. The summed E-state index contributed by atoms with van der Waals surface area (Å²) in [5.41, 5.74) is 5.18. The molecule has 1 saturated carbocycles. The van der Waals surface area contributed by atoms with Crippen molar-refractivity contribution in [3.63, 3.8) is 0 Å². The predicted molar refractivity (Wildman–Crippen MR) is 53.4 cm³/mol. The van der Waals surface area contributed by atoms with Crippen LogP contribution in [0.5, 0.6) is 0 Å². The minimum Gasteiger partial charge on any atom is -0.295 e. The van der Waals surface area contributed by atoms with E-state index in [1.807, 2.05) is 0 Å². The van der Waals surface area contributed by atoms with E-state index in [2.05, 4.69) is 27.7 Å². The average Bonchev–Trinajstić information content (AvgIpc) is 2.08. The molecule has 2 rings (SSSR count). The second-order valence-electron chi connectivity index (χ2n) is 4.37. The zero-order chi connectivity index (χ0) is 9.75. The van der Waals surface area contributed by atoms with Crippen molar-refractivity contribution >= 4 is 5.78 Å². The molecular weight excluding hydrogens is 160 g/mol.